The molecule has 0 atom stereocenters. The minimum absolute atomic E-state index is 0.00108. The van der Waals surface area contributed by atoms with Crippen molar-refractivity contribution in [2.45, 2.75) is 13.5 Å². The summed E-state index contributed by atoms with van der Waals surface area (Å²) in [5.41, 5.74) is 1.73. The maximum Gasteiger partial charge on any atom is 0.130 e. The molecule has 0 saturated carbocycles. The maximum atomic E-state index is 13.0. The van der Waals surface area contributed by atoms with E-state index in [0.29, 0.717) is 11.5 Å². The highest BCUT2D eigenvalue weighted by atomic mass is 19.1. The predicted octanol–water partition coefficient (Wildman–Crippen LogP) is 3.42. The first-order valence-electron chi connectivity index (χ1n) is 5.33. The van der Waals surface area contributed by atoms with Gasteiger partial charge in [0.25, 0.3) is 0 Å². The fourth-order valence-corrected chi connectivity index (χ4v) is 1.58. The molecular weight excluding hydrogens is 219 g/mol. The zero-order valence-corrected chi connectivity index (χ0v) is 9.48. The van der Waals surface area contributed by atoms with E-state index in [4.69, 9.17) is 9.84 Å². The van der Waals surface area contributed by atoms with Crippen molar-refractivity contribution in [1.82, 2.24) is 0 Å². The fraction of sp³-hybridized carbons (Fsp3) is 0.143. The lowest BCUT2D eigenvalue weighted by Crippen LogP contribution is -1.90. The van der Waals surface area contributed by atoms with Crippen LogP contribution in [0.4, 0.5) is 4.39 Å². The Kier molecular flexibility index (Phi) is 3.40. The first-order valence-corrected chi connectivity index (χ1v) is 5.33. The van der Waals surface area contributed by atoms with E-state index < -0.39 is 0 Å². The van der Waals surface area contributed by atoms with Gasteiger partial charge in [-0.25, -0.2) is 4.39 Å². The Morgan fingerprint density at radius 2 is 2.00 bits per heavy atom. The molecule has 0 unspecified atom stereocenters. The van der Waals surface area contributed by atoms with Crippen LogP contribution in [-0.4, -0.2) is 5.11 Å². The fourth-order valence-electron chi connectivity index (χ4n) is 1.58. The number of hydrogen-bond donors (Lipinski definition) is 1. The third kappa shape index (κ3) is 2.82. The second-order valence-corrected chi connectivity index (χ2v) is 3.82. The minimum Gasteiger partial charge on any atom is -0.457 e. The molecule has 0 saturated heterocycles. The van der Waals surface area contributed by atoms with Gasteiger partial charge >= 0.3 is 0 Å². The van der Waals surface area contributed by atoms with Gasteiger partial charge in [-0.1, -0.05) is 18.2 Å². The Labute approximate surface area is 99.3 Å². The van der Waals surface area contributed by atoms with Crippen LogP contribution in [0, 0.1) is 12.7 Å². The number of benzene rings is 2. The molecule has 0 aliphatic heterocycles. The smallest absolute Gasteiger partial charge is 0.130 e. The molecule has 0 spiro atoms. The van der Waals surface area contributed by atoms with Crippen LogP contribution in [0.1, 0.15) is 11.1 Å². The average molecular weight is 232 g/mol. The van der Waals surface area contributed by atoms with Crippen molar-refractivity contribution in [3.63, 3.8) is 0 Å². The molecule has 2 aromatic rings. The number of rotatable bonds is 3. The first-order chi connectivity index (χ1) is 8.19. The Balaban J connectivity index is 2.24. The van der Waals surface area contributed by atoms with E-state index in [1.54, 1.807) is 24.3 Å². The number of aliphatic hydroxyl groups is 1. The zero-order chi connectivity index (χ0) is 12.3. The van der Waals surface area contributed by atoms with Gasteiger partial charge in [0, 0.05) is 6.07 Å². The number of aryl methyl sites for hydroxylation is 1. The third-order valence-electron chi connectivity index (χ3n) is 2.45. The molecule has 0 bridgehead atoms. The van der Waals surface area contributed by atoms with E-state index in [1.165, 1.54) is 12.1 Å². The highest BCUT2D eigenvalue weighted by molar-refractivity contribution is 5.39. The predicted molar refractivity (Wildman–Crippen MR) is 63.6 cm³/mol. The summed E-state index contributed by atoms with van der Waals surface area (Å²) in [5.74, 6) is 0.796. The van der Waals surface area contributed by atoms with Crippen molar-refractivity contribution in [2.24, 2.45) is 0 Å². The molecule has 2 nitrogen and oxygen atoms in total. The van der Waals surface area contributed by atoms with E-state index >= 15 is 0 Å². The lowest BCUT2D eigenvalue weighted by atomic mass is 10.1. The van der Waals surface area contributed by atoms with E-state index in [1.807, 2.05) is 13.0 Å². The van der Waals surface area contributed by atoms with Gasteiger partial charge in [-0.15, -0.1) is 0 Å². The highest BCUT2D eigenvalue weighted by Crippen LogP contribution is 2.26. The van der Waals surface area contributed by atoms with Crippen LogP contribution in [-0.2, 0) is 6.61 Å². The van der Waals surface area contributed by atoms with Gasteiger partial charge in [0.2, 0.25) is 0 Å². The number of halogens is 1. The van der Waals surface area contributed by atoms with Crippen molar-refractivity contribution in [3.8, 4) is 11.5 Å². The van der Waals surface area contributed by atoms with Crippen molar-refractivity contribution < 1.29 is 14.2 Å². The topological polar surface area (TPSA) is 29.5 Å². The van der Waals surface area contributed by atoms with E-state index in [9.17, 15) is 4.39 Å². The SMILES string of the molecule is Cc1cc(CO)ccc1Oc1cccc(F)c1. The van der Waals surface area contributed by atoms with Crippen molar-refractivity contribution in [3.05, 3.63) is 59.4 Å². The molecule has 3 heteroatoms. The molecule has 0 radical (unpaired) electrons. The quantitative estimate of drug-likeness (QED) is 0.878. The largest absolute Gasteiger partial charge is 0.457 e. The standard InChI is InChI=1S/C14H13FO2/c1-10-7-11(9-16)5-6-14(10)17-13-4-2-3-12(15)8-13/h2-8,16H,9H2,1H3. The van der Waals surface area contributed by atoms with E-state index in [2.05, 4.69) is 0 Å². The zero-order valence-electron chi connectivity index (χ0n) is 9.48. The molecule has 17 heavy (non-hydrogen) atoms. The maximum absolute atomic E-state index is 13.0. The molecule has 2 rings (SSSR count). The van der Waals surface area contributed by atoms with Gasteiger partial charge in [-0.3, -0.25) is 0 Å². The molecule has 0 fully saturated rings. The lowest BCUT2D eigenvalue weighted by molar-refractivity contribution is 0.281. The summed E-state index contributed by atoms with van der Waals surface area (Å²) >= 11 is 0. The molecule has 2 aromatic carbocycles. The molecule has 0 aromatic heterocycles. The summed E-state index contributed by atoms with van der Waals surface area (Å²) < 4.78 is 18.5. The Morgan fingerprint density at radius 3 is 2.65 bits per heavy atom. The van der Waals surface area contributed by atoms with Crippen LogP contribution in [0.2, 0.25) is 0 Å². The van der Waals surface area contributed by atoms with Crippen molar-refractivity contribution in [2.75, 3.05) is 0 Å². The van der Waals surface area contributed by atoms with Gasteiger partial charge in [-0.2, -0.15) is 0 Å². The number of ether oxygens (including phenoxy) is 1. The Hall–Kier alpha value is -1.87. The lowest BCUT2D eigenvalue weighted by Gasteiger charge is -2.09. The Bertz CT molecular complexity index is 523. The van der Waals surface area contributed by atoms with Crippen molar-refractivity contribution >= 4 is 0 Å². The van der Waals surface area contributed by atoms with Crippen LogP contribution in [0.15, 0.2) is 42.5 Å². The monoisotopic (exact) mass is 232 g/mol. The summed E-state index contributed by atoms with van der Waals surface area (Å²) in [4.78, 5) is 0. The molecule has 1 N–H and O–H groups in total. The van der Waals surface area contributed by atoms with Crippen LogP contribution < -0.4 is 4.74 Å². The normalized spacial score (nSPS) is 10.3. The minimum atomic E-state index is -0.327. The average Bonchev–Trinajstić information content (AvgIpc) is 2.32. The summed E-state index contributed by atoms with van der Waals surface area (Å²) in [6.07, 6.45) is 0. The summed E-state index contributed by atoms with van der Waals surface area (Å²) in [6, 6.07) is 11.4. The molecule has 0 aliphatic carbocycles. The van der Waals surface area contributed by atoms with Gasteiger partial charge in [-0.05, 0) is 36.2 Å². The van der Waals surface area contributed by atoms with Gasteiger partial charge in [0.1, 0.15) is 17.3 Å². The van der Waals surface area contributed by atoms with Gasteiger partial charge in [0.15, 0.2) is 0 Å². The van der Waals surface area contributed by atoms with Gasteiger partial charge < -0.3 is 9.84 Å². The number of aliphatic hydroxyl groups excluding tert-OH is 1. The molecule has 0 amide bonds. The van der Waals surface area contributed by atoms with Gasteiger partial charge in [0.05, 0.1) is 6.61 Å². The first kappa shape index (κ1) is 11.6. The van der Waals surface area contributed by atoms with Crippen LogP contribution in [0.25, 0.3) is 0 Å². The number of hydrogen-bond acceptors (Lipinski definition) is 2. The van der Waals surface area contributed by atoms with E-state index in [-0.39, 0.29) is 12.4 Å². The molecule has 0 aliphatic rings. The Morgan fingerprint density at radius 1 is 1.18 bits per heavy atom. The highest BCUT2D eigenvalue weighted by Gasteiger charge is 2.03. The third-order valence-corrected chi connectivity index (χ3v) is 2.45. The summed E-state index contributed by atoms with van der Waals surface area (Å²) in [7, 11) is 0. The second kappa shape index (κ2) is 4.97. The molecular formula is C14H13FO2. The summed E-state index contributed by atoms with van der Waals surface area (Å²) in [6.45, 7) is 1.88. The van der Waals surface area contributed by atoms with E-state index in [0.717, 1.165) is 11.1 Å². The van der Waals surface area contributed by atoms with Crippen LogP contribution >= 0.6 is 0 Å². The van der Waals surface area contributed by atoms with Crippen LogP contribution in [0.5, 0.6) is 11.5 Å². The van der Waals surface area contributed by atoms with Crippen LogP contribution in [0.3, 0.4) is 0 Å². The van der Waals surface area contributed by atoms with Crippen molar-refractivity contribution in [1.29, 1.82) is 0 Å². The second-order valence-electron chi connectivity index (χ2n) is 3.82. The molecule has 88 valence electrons. The summed E-state index contributed by atoms with van der Waals surface area (Å²) in [5, 5.41) is 8.99. The molecule has 0 heterocycles.